The van der Waals surface area contributed by atoms with Gasteiger partial charge in [-0.1, -0.05) is 28.1 Å². The number of sulfonamides is 1. The standard InChI is InChI=1S/C17H13BrN2O4S/c1-10-16(11-3-2-4-12(18)7-11)25(21,22)20-17(10)19-13-5-6-14-15(8-13)24-9-23-14/h2-8H,9H2,1H3,(H,19,20). The van der Waals surface area contributed by atoms with E-state index in [1.807, 2.05) is 6.07 Å². The molecule has 2 aromatic carbocycles. The fourth-order valence-electron chi connectivity index (χ4n) is 2.76. The molecule has 128 valence electrons. The van der Waals surface area contributed by atoms with Crippen LogP contribution in [-0.4, -0.2) is 21.0 Å². The van der Waals surface area contributed by atoms with E-state index in [4.69, 9.17) is 9.47 Å². The Labute approximate surface area is 153 Å². The quantitative estimate of drug-likeness (QED) is 0.799. The third-order valence-electron chi connectivity index (χ3n) is 3.89. The minimum atomic E-state index is -3.76. The zero-order valence-electron chi connectivity index (χ0n) is 13.1. The molecule has 2 aliphatic rings. The van der Waals surface area contributed by atoms with Gasteiger partial charge in [0.05, 0.1) is 0 Å². The molecule has 2 heterocycles. The van der Waals surface area contributed by atoms with E-state index in [0.717, 1.165) is 4.47 Å². The SMILES string of the molecule is CC1=C(c2cccc(Br)c2)S(=O)(=O)N=C1Nc1ccc2c(c1)OCO2. The molecule has 0 saturated carbocycles. The van der Waals surface area contributed by atoms with Crippen molar-refractivity contribution in [2.24, 2.45) is 4.40 Å². The van der Waals surface area contributed by atoms with Crippen molar-refractivity contribution >= 4 is 42.4 Å². The number of rotatable bonds is 2. The summed E-state index contributed by atoms with van der Waals surface area (Å²) in [6.45, 7) is 1.92. The monoisotopic (exact) mass is 420 g/mol. The molecule has 0 radical (unpaired) electrons. The average Bonchev–Trinajstić information content (AvgIpc) is 3.09. The van der Waals surface area contributed by atoms with Crippen molar-refractivity contribution in [2.75, 3.05) is 12.1 Å². The Morgan fingerprint density at radius 3 is 2.72 bits per heavy atom. The van der Waals surface area contributed by atoms with Crippen LogP contribution in [0.15, 0.2) is 56.9 Å². The van der Waals surface area contributed by atoms with Gasteiger partial charge < -0.3 is 14.8 Å². The van der Waals surface area contributed by atoms with Gasteiger partial charge in [0.15, 0.2) is 11.5 Å². The summed E-state index contributed by atoms with van der Waals surface area (Å²) in [6, 6.07) is 12.4. The Kier molecular flexibility index (Phi) is 3.81. The molecular formula is C17H13BrN2O4S. The van der Waals surface area contributed by atoms with Crippen molar-refractivity contribution in [3.63, 3.8) is 0 Å². The molecule has 0 saturated heterocycles. The Balaban J connectivity index is 1.71. The lowest BCUT2D eigenvalue weighted by atomic mass is 10.1. The minimum absolute atomic E-state index is 0.181. The van der Waals surface area contributed by atoms with Crippen molar-refractivity contribution < 1.29 is 17.9 Å². The Morgan fingerprint density at radius 1 is 1.12 bits per heavy atom. The summed E-state index contributed by atoms with van der Waals surface area (Å²) in [4.78, 5) is 0.206. The van der Waals surface area contributed by atoms with Crippen LogP contribution in [0.2, 0.25) is 0 Å². The first-order chi connectivity index (χ1) is 11.9. The maximum Gasteiger partial charge on any atom is 0.285 e. The number of fused-ring (bicyclic) bond motifs is 1. The molecule has 0 aliphatic carbocycles. The number of halogens is 1. The molecule has 0 bridgehead atoms. The van der Waals surface area contributed by atoms with Gasteiger partial charge in [-0.25, -0.2) is 0 Å². The fourth-order valence-corrected chi connectivity index (χ4v) is 4.58. The van der Waals surface area contributed by atoms with Crippen molar-refractivity contribution in [2.45, 2.75) is 6.92 Å². The molecule has 2 aromatic rings. The number of ether oxygens (including phenoxy) is 2. The molecule has 4 rings (SSSR count). The normalized spacial score (nSPS) is 17.6. The van der Waals surface area contributed by atoms with E-state index in [9.17, 15) is 8.42 Å². The summed E-state index contributed by atoms with van der Waals surface area (Å²) in [6.07, 6.45) is 0. The van der Waals surface area contributed by atoms with Crippen LogP contribution in [0.25, 0.3) is 4.91 Å². The highest BCUT2D eigenvalue weighted by Crippen LogP contribution is 2.36. The molecule has 2 aliphatic heterocycles. The van der Waals surface area contributed by atoms with E-state index in [1.54, 1.807) is 43.3 Å². The van der Waals surface area contributed by atoms with Gasteiger partial charge in [0.25, 0.3) is 10.0 Å². The Bertz CT molecular complexity index is 1040. The molecule has 6 nitrogen and oxygen atoms in total. The molecule has 0 aromatic heterocycles. The second-order valence-electron chi connectivity index (χ2n) is 5.57. The highest BCUT2D eigenvalue weighted by atomic mass is 79.9. The van der Waals surface area contributed by atoms with Crippen LogP contribution >= 0.6 is 15.9 Å². The van der Waals surface area contributed by atoms with Crippen LogP contribution < -0.4 is 14.8 Å². The zero-order valence-corrected chi connectivity index (χ0v) is 15.5. The van der Waals surface area contributed by atoms with Crippen molar-refractivity contribution in [3.05, 3.63) is 58.1 Å². The van der Waals surface area contributed by atoms with Crippen LogP contribution in [0, 0.1) is 0 Å². The number of amidine groups is 1. The number of hydrogen-bond donors (Lipinski definition) is 1. The van der Waals surface area contributed by atoms with Crippen LogP contribution in [0.1, 0.15) is 12.5 Å². The smallest absolute Gasteiger partial charge is 0.285 e. The van der Waals surface area contributed by atoms with E-state index in [1.165, 1.54) is 0 Å². The summed E-state index contributed by atoms with van der Waals surface area (Å²) in [5, 5.41) is 3.06. The third kappa shape index (κ3) is 2.91. The fraction of sp³-hybridized carbons (Fsp3) is 0.118. The van der Waals surface area contributed by atoms with Crippen molar-refractivity contribution in [1.82, 2.24) is 0 Å². The van der Waals surface area contributed by atoms with Crippen molar-refractivity contribution in [3.8, 4) is 11.5 Å². The van der Waals surface area contributed by atoms with E-state index in [2.05, 4.69) is 25.6 Å². The largest absolute Gasteiger partial charge is 0.454 e. The van der Waals surface area contributed by atoms with E-state index in [-0.39, 0.29) is 11.7 Å². The molecule has 0 fully saturated rings. The number of anilines is 1. The predicted molar refractivity (Wildman–Crippen MR) is 99.3 cm³/mol. The third-order valence-corrected chi connectivity index (χ3v) is 5.86. The maximum atomic E-state index is 12.5. The lowest BCUT2D eigenvalue weighted by molar-refractivity contribution is 0.174. The first-order valence-electron chi connectivity index (χ1n) is 7.43. The van der Waals surface area contributed by atoms with Crippen LogP contribution in [-0.2, 0) is 10.0 Å². The van der Waals surface area contributed by atoms with Gasteiger partial charge in [-0.2, -0.15) is 8.42 Å². The van der Waals surface area contributed by atoms with Gasteiger partial charge in [0.2, 0.25) is 6.79 Å². The van der Waals surface area contributed by atoms with Gasteiger partial charge in [0, 0.05) is 21.8 Å². The summed E-state index contributed by atoms with van der Waals surface area (Å²) < 4.78 is 40.4. The summed E-state index contributed by atoms with van der Waals surface area (Å²) in [5.41, 5.74) is 1.84. The number of nitrogens with zero attached hydrogens (tertiary/aromatic N) is 1. The molecule has 0 unspecified atom stereocenters. The molecule has 0 atom stereocenters. The van der Waals surface area contributed by atoms with Gasteiger partial charge in [0.1, 0.15) is 10.7 Å². The molecule has 0 spiro atoms. The van der Waals surface area contributed by atoms with Crippen LogP contribution in [0.4, 0.5) is 5.69 Å². The summed E-state index contributed by atoms with van der Waals surface area (Å²) >= 11 is 3.37. The lowest BCUT2D eigenvalue weighted by Gasteiger charge is -2.08. The van der Waals surface area contributed by atoms with E-state index < -0.39 is 10.0 Å². The number of nitrogens with one attached hydrogen (secondary N) is 1. The van der Waals surface area contributed by atoms with Crippen LogP contribution in [0.3, 0.4) is 0 Å². The van der Waals surface area contributed by atoms with Crippen LogP contribution in [0.5, 0.6) is 11.5 Å². The molecule has 25 heavy (non-hydrogen) atoms. The minimum Gasteiger partial charge on any atom is -0.454 e. The van der Waals surface area contributed by atoms with Gasteiger partial charge in [-0.15, -0.1) is 4.40 Å². The number of benzene rings is 2. The first-order valence-corrected chi connectivity index (χ1v) is 9.66. The first kappa shape index (κ1) is 16.2. The molecule has 8 heteroatoms. The average molecular weight is 421 g/mol. The Hall–Kier alpha value is -2.32. The topological polar surface area (TPSA) is 77.0 Å². The van der Waals surface area contributed by atoms with Gasteiger partial charge >= 0.3 is 0 Å². The lowest BCUT2D eigenvalue weighted by Crippen LogP contribution is -2.11. The number of hydrogen-bond acceptors (Lipinski definition) is 5. The molecular weight excluding hydrogens is 408 g/mol. The second kappa shape index (κ2) is 5.89. The zero-order chi connectivity index (χ0) is 17.6. The highest BCUT2D eigenvalue weighted by Gasteiger charge is 2.31. The summed E-state index contributed by atoms with van der Waals surface area (Å²) in [5.74, 6) is 1.57. The molecule has 0 amide bonds. The predicted octanol–water partition coefficient (Wildman–Crippen LogP) is 3.76. The van der Waals surface area contributed by atoms with Crippen molar-refractivity contribution in [1.29, 1.82) is 0 Å². The van der Waals surface area contributed by atoms with E-state index >= 15 is 0 Å². The maximum absolute atomic E-state index is 12.5. The Morgan fingerprint density at radius 2 is 1.92 bits per heavy atom. The second-order valence-corrected chi connectivity index (χ2v) is 8.03. The van der Waals surface area contributed by atoms with E-state index in [0.29, 0.717) is 34.2 Å². The van der Waals surface area contributed by atoms with Gasteiger partial charge in [-0.05, 0) is 36.8 Å². The van der Waals surface area contributed by atoms with Gasteiger partial charge in [-0.3, -0.25) is 0 Å². The summed E-state index contributed by atoms with van der Waals surface area (Å²) in [7, 11) is -3.76. The highest BCUT2D eigenvalue weighted by molar-refractivity contribution is 9.10. The molecule has 1 N–H and O–H groups in total.